The molecule has 1 unspecified atom stereocenters. The van der Waals surface area contributed by atoms with E-state index in [1.54, 1.807) is 6.07 Å². The van der Waals surface area contributed by atoms with Crippen molar-refractivity contribution in [2.24, 2.45) is 10.9 Å². The highest BCUT2D eigenvalue weighted by Gasteiger charge is 2.24. The molecule has 0 saturated carbocycles. The Labute approximate surface area is 157 Å². The fourth-order valence-corrected chi connectivity index (χ4v) is 3.49. The van der Waals surface area contributed by atoms with E-state index in [1.165, 1.54) is 10.5 Å². The molecule has 2 aliphatic rings. The predicted octanol–water partition coefficient (Wildman–Crippen LogP) is -0.214. The van der Waals surface area contributed by atoms with E-state index in [0.717, 1.165) is 44.2 Å². The Morgan fingerprint density at radius 3 is 2.63 bits per heavy atom. The van der Waals surface area contributed by atoms with Crippen LogP contribution in [0, 0.1) is 0 Å². The molecular weight excluding hydrogens is 346 g/mol. The second-order valence-corrected chi connectivity index (χ2v) is 6.62. The molecule has 2 aromatic rings. The number of nitrogens with two attached hydrogens (primary N) is 2. The van der Waals surface area contributed by atoms with E-state index >= 15 is 0 Å². The van der Waals surface area contributed by atoms with E-state index in [0.29, 0.717) is 18.6 Å². The van der Waals surface area contributed by atoms with E-state index < -0.39 is 0 Å². The normalized spacial score (nSPS) is 21.5. The highest BCUT2D eigenvalue weighted by atomic mass is 16.5. The van der Waals surface area contributed by atoms with Gasteiger partial charge in [0.25, 0.3) is 0 Å². The van der Waals surface area contributed by atoms with Gasteiger partial charge in [0.05, 0.1) is 19.8 Å². The fraction of sp³-hybridized carbons (Fsp3) is 0.444. The third-order valence-corrected chi connectivity index (χ3v) is 4.97. The van der Waals surface area contributed by atoms with Crippen LogP contribution >= 0.6 is 0 Å². The number of aromatic nitrogens is 2. The van der Waals surface area contributed by atoms with E-state index in [2.05, 4.69) is 44.3 Å². The Morgan fingerprint density at radius 2 is 1.85 bits per heavy atom. The lowest BCUT2D eigenvalue weighted by molar-refractivity contribution is 0.0394. The molecule has 9 heteroatoms. The summed E-state index contributed by atoms with van der Waals surface area (Å²) in [7, 11) is 0. The fourth-order valence-electron chi connectivity index (χ4n) is 3.49. The van der Waals surface area contributed by atoms with Crippen LogP contribution in [0.2, 0.25) is 0 Å². The van der Waals surface area contributed by atoms with Crippen LogP contribution in [0.4, 0.5) is 11.5 Å². The van der Waals surface area contributed by atoms with E-state index in [-0.39, 0.29) is 6.10 Å². The first-order chi connectivity index (χ1) is 13.2. The number of benzene rings is 1. The van der Waals surface area contributed by atoms with E-state index in [1.807, 2.05) is 6.07 Å². The van der Waals surface area contributed by atoms with Crippen LogP contribution in [-0.4, -0.2) is 55.9 Å². The Hall–Kier alpha value is -2.78. The Morgan fingerprint density at radius 1 is 1.04 bits per heavy atom. The third-order valence-electron chi connectivity index (χ3n) is 4.97. The number of ether oxygens (including phenoxy) is 2. The van der Waals surface area contributed by atoms with Gasteiger partial charge >= 0.3 is 0 Å². The van der Waals surface area contributed by atoms with Crippen molar-refractivity contribution in [2.45, 2.75) is 6.10 Å². The first-order valence-corrected chi connectivity index (χ1v) is 9.13. The lowest BCUT2D eigenvalue weighted by atomic mass is 10.1. The summed E-state index contributed by atoms with van der Waals surface area (Å²) in [5, 5.41) is 7.95. The van der Waals surface area contributed by atoms with Crippen LogP contribution in [0.3, 0.4) is 0 Å². The Kier molecular flexibility index (Phi) is 5.12. The molecule has 2 aliphatic heterocycles. The summed E-state index contributed by atoms with van der Waals surface area (Å²) in [5.74, 6) is 11.9. The van der Waals surface area contributed by atoms with Gasteiger partial charge in [0, 0.05) is 31.9 Å². The lowest BCUT2D eigenvalue weighted by Gasteiger charge is -2.34. The van der Waals surface area contributed by atoms with Crippen molar-refractivity contribution in [1.82, 2.24) is 9.89 Å². The topological polar surface area (TPSA) is 107 Å². The predicted molar refractivity (Wildman–Crippen MR) is 103 cm³/mol. The van der Waals surface area contributed by atoms with Crippen molar-refractivity contribution >= 4 is 11.5 Å². The SMILES string of the molecule is N/N=c1/ccc(N2CCOC(c3cccc(N4CCOCC4)c3)C2)nn1N. The zero-order valence-electron chi connectivity index (χ0n) is 15.2. The van der Waals surface area contributed by atoms with Gasteiger partial charge < -0.3 is 31.0 Å². The molecule has 2 fully saturated rings. The quantitative estimate of drug-likeness (QED) is 0.568. The summed E-state index contributed by atoms with van der Waals surface area (Å²) in [6.45, 7) is 5.47. The van der Waals surface area contributed by atoms with Crippen LogP contribution < -0.4 is 27.0 Å². The second kappa shape index (κ2) is 7.85. The molecule has 27 heavy (non-hydrogen) atoms. The van der Waals surface area contributed by atoms with Gasteiger partial charge in [-0.25, -0.2) is 0 Å². The molecule has 1 atom stereocenters. The van der Waals surface area contributed by atoms with Crippen molar-refractivity contribution in [3.05, 3.63) is 47.4 Å². The van der Waals surface area contributed by atoms with Gasteiger partial charge in [-0.2, -0.15) is 9.89 Å². The molecule has 9 nitrogen and oxygen atoms in total. The van der Waals surface area contributed by atoms with Gasteiger partial charge in [0.1, 0.15) is 6.10 Å². The number of hydrogen-bond donors (Lipinski definition) is 2. The monoisotopic (exact) mass is 371 g/mol. The van der Waals surface area contributed by atoms with E-state index in [4.69, 9.17) is 21.2 Å². The molecule has 4 N–H and O–H groups in total. The number of rotatable bonds is 3. The van der Waals surface area contributed by atoms with Crippen LogP contribution in [0.15, 0.2) is 41.5 Å². The number of hydrogen-bond acceptors (Lipinski definition) is 8. The minimum absolute atomic E-state index is 0.0216. The Balaban J connectivity index is 1.52. The number of anilines is 2. The standard InChI is InChI=1S/C18H25N7O2/c19-21-17-4-5-18(22-25(17)20)24-8-11-27-16(13-24)14-2-1-3-15(12-14)23-6-9-26-10-7-23/h1-5,12,16H,6-11,13,19-20H2/b21-17-. The molecule has 1 aromatic heterocycles. The molecule has 0 bridgehead atoms. The largest absolute Gasteiger partial charge is 0.378 e. The number of nitrogen functional groups attached to an aromatic ring is 1. The summed E-state index contributed by atoms with van der Waals surface area (Å²) in [4.78, 5) is 5.71. The van der Waals surface area contributed by atoms with Crippen LogP contribution in [0.5, 0.6) is 0 Å². The average Bonchev–Trinajstić information content (AvgIpc) is 2.74. The van der Waals surface area contributed by atoms with Gasteiger partial charge in [-0.15, -0.1) is 5.10 Å². The van der Waals surface area contributed by atoms with Gasteiger partial charge in [0.15, 0.2) is 11.3 Å². The molecule has 0 amide bonds. The first kappa shape index (κ1) is 17.6. The van der Waals surface area contributed by atoms with E-state index in [9.17, 15) is 0 Å². The highest BCUT2D eigenvalue weighted by Crippen LogP contribution is 2.28. The van der Waals surface area contributed by atoms with Crippen LogP contribution in [-0.2, 0) is 9.47 Å². The molecule has 0 radical (unpaired) electrons. The summed E-state index contributed by atoms with van der Waals surface area (Å²) >= 11 is 0. The molecular formula is C18H25N7O2. The second-order valence-electron chi connectivity index (χ2n) is 6.62. The van der Waals surface area contributed by atoms with Gasteiger partial charge in [-0.05, 0) is 29.8 Å². The van der Waals surface area contributed by atoms with Crippen molar-refractivity contribution in [3.63, 3.8) is 0 Å². The molecule has 144 valence electrons. The zero-order valence-corrected chi connectivity index (χ0v) is 15.2. The minimum atomic E-state index is -0.0216. The zero-order chi connectivity index (χ0) is 18.6. The molecule has 0 aliphatic carbocycles. The van der Waals surface area contributed by atoms with Crippen LogP contribution in [0.25, 0.3) is 0 Å². The van der Waals surface area contributed by atoms with Crippen molar-refractivity contribution in [3.8, 4) is 0 Å². The highest BCUT2D eigenvalue weighted by molar-refractivity contribution is 5.50. The van der Waals surface area contributed by atoms with Crippen LogP contribution in [0.1, 0.15) is 11.7 Å². The molecule has 1 aromatic carbocycles. The molecule has 2 saturated heterocycles. The van der Waals surface area contributed by atoms with Gasteiger partial charge in [-0.3, -0.25) is 0 Å². The molecule has 0 spiro atoms. The summed E-state index contributed by atoms with van der Waals surface area (Å²) in [6.07, 6.45) is -0.0216. The third kappa shape index (κ3) is 3.83. The van der Waals surface area contributed by atoms with Crippen molar-refractivity contribution in [1.29, 1.82) is 0 Å². The summed E-state index contributed by atoms with van der Waals surface area (Å²) in [5.41, 5.74) is 2.79. The molecule has 4 rings (SSSR count). The summed E-state index contributed by atoms with van der Waals surface area (Å²) in [6, 6.07) is 12.2. The number of nitrogens with zero attached hydrogens (tertiary/aromatic N) is 5. The Bertz CT molecular complexity index is 848. The first-order valence-electron chi connectivity index (χ1n) is 9.13. The lowest BCUT2D eigenvalue weighted by Crippen LogP contribution is -2.41. The van der Waals surface area contributed by atoms with Gasteiger partial charge in [-0.1, -0.05) is 12.1 Å². The van der Waals surface area contributed by atoms with Crippen molar-refractivity contribution in [2.75, 3.05) is 61.6 Å². The van der Waals surface area contributed by atoms with Gasteiger partial charge in [0.2, 0.25) is 0 Å². The molecule has 3 heterocycles. The maximum absolute atomic E-state index is 6.04. The number of morpholine rings is 2. The maximum Gasteiger partial charge on any atom is 0.190 e. The summed E-state index contributed by atoms with van der Waals surface area (Å²) < 4.78 is 11.5. The average molecular weight is 371 g/mol. The smallest absolute Gasteiger partial charge is 0.190 e. The maximum atomic E-state index is 6.04. The minimum Gasteiger partial charge on any atom is -0.378 e. The van der Waals surface area contributed by atoms with Crippen molar-refractivity contribution < 1.29 is 9.47 Å².